The van der Waals surface area contributed by atoms with E-state index >= 15 is 0 Å². The lowest BCUT2D eigenvalue weighted by molar-refractivity contribution is -0.876. The number of carbonyl (C=O) groups is 2. The lowest BCUT2D eigenvalue weighted by Crippen LogP contribution is -3.10. The summed E-state index contributed by atoms with van der Waals surface area (Å²) >= 11 is 5.89. The van der Waals surface area contributed by atoms with E-state index < -0.39 is 22.8 Å². The molecule has 0 saturated carbocycles. The van der Waals surface area contributed by atoms with Crippen LogP contribution in [-0.4, -0.2) is 50.0 Å². The molecule has 1 amide bonds. The number of nitrogens with two attached hydrogens (primary N) is 1. The number of rotatable bonds is 9. The van der Waals surface area contributed by atoms with E-state index in [0.29, 0.717) is 6.54 Å². The van der Waals surface area contributed by atoms with E-state index in [1.54, 1.807) is 0 Å². The minimum Gasteiger partial charge on any atom is -0.544 e. The van der Waals surface area contributed by atoms with E-state index in [1.807, 2.05) is 14.1 Å². The summed E-state index contributed by atoms with van der Waals surface area (Å²) in [6.45, 7) is 1.24. The molecule has 1 atom stereocenters. The highest BCUT2D eigenvalue weighted by Crippen LogP contribution is 2.26. The molecule has 1 aromatic rings. The zero-order chi connectivity index (χ0) is 18.3. The molecule has 0 radical (unpaired) electrons. The van der Waals surface area contributed by atoms with Crippen molar-refractivity contribution >= 4 is 34.9 Å². The summed E-state index contributed by atoms with van der Waals surface area (Å²) in [5.74, 6) is -1.95. The minimum atomic E-state index is -1.34. The number of nitrogens with zero attached hydrogens (tertiary/aromatic N) is 1. The fourth-order valence-electron chi connectivity index (χ4n) is 1.96. The lowest BCUT2D eigenvalue weighted by Gasteiger charge is -2.17. The minimum absolute atomic E-state index is 0.0608. The van der Waals surface area contributed by atoms with Crippen LogP contribution >= 0.6 is 11.6 Å². The van der Waals surface area contributed by atoms with Crippen LogP contribution in [0.3, 0.4) is 0 Å². The van der Waals surface area contributed by atoms with Crippen LogP contribution in [0.2, 0.25) is 5.02 Å². The average Bonchev–Trinajstić information content (AvgIpc) is 2.47. The second kappa shape index (κ2) is 9.16. The van der Waals surface area contributed by atoms with E-state index in [9.17, 15) is 24.8 Å². The molecule has 24 heavy (non-hydrogen) atoms. The summed E-state index contributed by atoms with van der Waals surface area (Å²) in [6.07, 6.45) is -0.329. The number of amides is 1. The number of halogens is 1. The van der Waals surface area contributed by atoms with E-state index in [4.69, 9.17) is 11.6 Å². The van der Waals surface area contributed by atoms with Gasteiger partial charge in [0, 0.05) is 12.1 Å². The molecule has 0 spiro atoms. The molecule has 10 heteroatoms. The largest absolute Gasteiger partial charge is 0.544 e. The molecular weight excluding hydrogens is 340 g/mol. The maximum absolute atomic E-state index is 12.0. The van der Waals surface area contributed by atoms with E-state index in [-0.39, 0.29) is 22.8 Å². The first-order chi connectivity index (χ1) is 11.2. The van der Waals surface area contributed by atoms with E-state index in [2.05, 4.69) is 5.32 Å². The van der Waals surface area contributed by atoms with Gasteiger partial charge in [0.1, 0.15) is 19.1 Å². The molecular formula is C14H20ClN4O5+. The fraction of sp³-hybridized carbons (Fsp3) is 0.429. The van der Waals surface area contributed by atoms with Crippen molar-refractivity contribution in [3.8, 4) is 0 Å². The third-order valence-electron chi connectivity index (χ3n) is 3.24. The molecule has 132 valence electrons. The van der Waals surface area contributed by atoms with Gasteiger partial charge >= 0.3 is 0 Å². The number of nitro groups is 1. The van der Waals surface area contributed by atoms with Crippen LogP contribution in [0.4, 0.5) is 11.4 Å². The predicted octanol–water partition coefficient (Wildman–Crippen LogP) is -2.60. The van der Waals surface area contributed by atoms with Gasteiger partial charge in [0.15, 0.2) is 0 Å². The Morgan fingerprint density at radius 3 is 2.62 bits per heavy atom. The smallest absolute Gasteiger partial charge is 0.271 e. The van der Waals surface area contributed by atoms with Gasteiger partial charge in [0.05, 0.1) is 42.1 Å². The SMILES string of the molecule is C[NH+](C)CC[NH2+][C@@H](CC(=O)Nc1cc([N+](=O)[O-])ccc1Cl)C(=O)[O-]. The summed E-state index contributed by atoms with van der Waals surface area (Å²) in [6, 6.07) is 2.58. The second-order valence-corrected chi connectivity index (χ2v) is 5.99. The fourth-order valence-corrected chi connectivity index (χ4v) is 2.12. The van der Waals surface area contributed by atoms with Crippen molar-refractivity contribution in [2.75, 3.05) is 32.5 Å². The van der Waals surface area contributed by atoms with Crippen molar-refractivity contribution in [3.63, 3.8) is 0 Å². The number of hydrogen-bond acceptors (Lipinski definition) is 5. The molecule has 0 aliphatic heterocycles. The van der Waals surface area contributed by atoms with Crippen LogP contribution in [0.1, 0.15) is 6.42 Å². The number of non-ortho nitro benzene ring substituents is 1. The number of carboxylic acids is 1. The number of nitro benzene ring substituents is 1. The molecule has 9 nitrogen and oxygen atoms in total. The number of anilines is 1. The van der Waals surface area contributed by atoms with Crippen LogP contribution in [0.15, 0.2) is 18.2 Å². The Morgan fingerprint density at radius 1 is 1.42 bits per heavy atom. The van der Waals surface area contributed by atoms with E-state index in [0.717, 1.165) is 17.5 Å². The zero-order valence-electron chi connectivity index (χ0n) is 13.4. The first kappa shape index (κ1) is 19.8. The summed E-state index contributed by atoms with van der Waals surface area (Å²) in [7, 11) is 3.86. The van der Waals surface area contributed by atoms with Crippen molar-refractivity contribution < 1.29 is 29.8 Å². The van der Waals surface area contributed by atoms with Gasteiger partial charge in [-0.3, -0.25) is 14.9 Å². The third-order valence-corrected chi connectivity index (χ3v) is 3.57. The predicted molar refractivity (Wildman–Crippen MR) is 84.6 cm³/mol. The zero-order valence-corrected chi connectivity index (χ0v) is 14.1. The Balaban J connectivity index is 2.70. The number of likely N-dealkylation sites (N-methyl/N-ethyl adjacent to an activating group) is 1. The highest BCUT2D eigenvalue weighted by atomic mass is 35.5. The number of carboxylic acid groups (broad SMARTS) is 1. The Labute approximate surface area is 143 Å². The van der Waals surface area contributed by atoms with Gasteiger partial charge in [-0.1, -0.05) is 11.6 Å². The normalized spacial score (nSPS) is 12.0. The summed E-state index contributed by atoms with van der Waals surface area (Å²) in [5.41, 5.74) is -0.169. The highest BCUT2D eigenvalue weighted by Gasteiger charge is 2.20. The number of nitrogens with one attached hydrogen (secondary N) is 2. The first-order valence-corrected chi connectivity index (χ1v) is 7.65. The van der Waals surface area contributed by atoms with Crippen LogP contribution in [0, 0.1) is 10.1 Å². The van der Waals surface area contributed by atoms with Gasteiger partial charge in [-0.25, -0.2) is 0 Å². The Hall–Kier alpha value is -2.23. The summed E-state index contributed by atoms with van der Waals surface area (Å²) in [4.78, 5) is 34.4. The molecule has 4 N–H and O–H groups in total. The molecule has 0 unspecified atom stereocenters. The number of aliphatic carboxylic acids is 1. The van der Waals surface area contributed by atoms with Crippen LogP contribution in [-0.2, 0) is 9.59 Å². The maximum atomic E-state index is 12.0. The van der Waals surface area contributed by atoms with Crippen LogP contribution in [0.25, 0.3) is 0 Å². The molecule has 0 bridgehead atoms. The van der Waals surface area contributed by atoms with Crippen molar-refractivity contribution in [2.24, 2.45) is 0 Å². The van der Waals surface area contributed by atoms with Crippen molar-refractivity contribution in [1.29, 1.82) is 0 Å². The Morgan fingerprint density at radius 2 is 2.08 bits per heavy atom. The molecule has 0 fully saturated rings. The number of carbonyl (C=O) groups excluding carboxylic acids is 2. The monoisotopic (exact) mass is 359 g/mol. The number of quaternary nitrogens is 2. The van der Waals surface area contributed by atoms with Gasteiger partial charge < -0.3 is 25.4 Å². The van der Waals surface area contributed by atoms with Crippen LogP contribution < -0.4 is 20.6 Å². The molecule has 0 saturated heterocycles. The van der Waals surface area contributed by atoms with Gasteiger partial charge in [-0.05, 0) is 6.07 Å². The average molecular weight is 360 g/mol. The highest BCUT2D eigenvalue weighted by molar-refractivity contribution is 6.33. The van der Waals surface area contributed by atoms with Crippen molar-refractivity contribution in [2.45, 2.75) is 12.5 Å². The van der Waals surface area contributed by atoms with E-state index in [1.165, 1.54) is 17.4 Å². The molecule has 0 heterocycles. The van der Waals surface area contributed by atoms with Crippen molar-refractivity contribution in [1.82, 2.24) is 0 Å². The standard InChI is InChI=1S/C14H19ClN4O5/c1-18(2)6-5-16-12(14(21)22)8-13(20)17-11-7-9(19(23)24)3-4-10(11)15/h3-4,7,12,16H,5-6,8H2,1-2H3,(H,17,20)(H,21,22)/p+1/t12-/m0/s1. The Bertz CT molecular complexity index is 623. The summed E-state index contributed by atoms with van der Waals surface area (Å²) in [5, 5.41) is 25.9. The number of benzene rings is 1. The second-order valence-electron chi connectivity index (χ2n) is 5.58. The topological polar surface area (TPSA) is 133 Å². The quantitative estimate of drug-likeness (QED) is 0.328. The third kappa shape index (κ3) is 6.49. The molecule has 0 aromatic heterocycles. The molecule has 0 aliphatic rings. The maximum Gasteiger partial charge on any atom is 0.271 e. The van der Waals surface area contributed by atoms with Gasteiger partial charge in [-0.15, -0.1) is 0 Å². The lowest BCUT2D eigenvalue weighted by atomic mass is 10.2. The van der Waals surface area contributed by atoms with Gasteiger partial charge in [-0.2, -0.15) is 0 Å². The van der Waals surface area contributed by atoms with Crippen molar-refractivity contribution in [3.05, 3.63) is 33.3 Å². The first-order valence-electron chi connectivity index (χ1n) is 7.27. The number of hydrogen-bond donors (Lipinski definition) is 3. The molecule has 1 aromatic carbocycles. The molecule has 1 rings (SSSR count). The van der Waals surface area contributed by atoms with Gasteiger partial charge in [0.25, 0.3) is 5.69 Å². The van der Waals surface area contributed by atoms with Gasteiger partial charge in [0.2, 0.25) is 5.91 Å². The van der Waals surface area contributed by atoms with Crippen LogP contribution in [0.5, 0.6) is 0 Å². The summed E-state index contributed by atoms with van der Waals surface area (Å²) < 4.78 is 0. The Kier molecular flexibility index (Phi) is 7.56. The molecule has 0 aliphatic carbocycles.